The van der Waals surface area contributed by atoms with Gasteiger partial charge in [-0.1, -0.05) is 31.4 Å². The van der Waals surface area contributed by atoms with E-state index in [-0.39, 0.29) is 24.2 Å². The number of nitro benzene ring substituents is 1. The summed E-state index contributed by atoms with van der Waals surface area (Å²) < 4.78 is 4.96. The topological polar surface area (TPSA) is 89.8 Å². The minimum Gasteiger partial charge on any atom is -0.452 e. The molecule has 1 saturated carbocycles. The predicted molar refractivity (Wildman–Crippen MR) is 92.7 cm³/mol. The van der Waals surface area contributed by atoms with Gasteiger partial charge in [-0.3, -0.25) is 14.9 Å². The highest BCUT2D eigenvalue weighted by Gasteiger charge is 2.22. The fourth-order valence-electron chi connectivity index (χ4n) is 2.86. The van der Waals surface area contributed by atoms with Gasteiger partial charge < -0.3 is 9.64 Å². The fraction of sp³-hybridized carbons (Fsp3) is 0.444. The van der Waals surface area contributed by atoms with E-state index in [1.165, 1.54) is 30.7 Å². The Hall–Kier alpha value is -2.70. The first-order valence-corrected chi connectivity index (χ1v) is 8.32. The lowest BCUT2D eigenvalue weighted by molar-refractivity contribution is -0.384. The van der Waals surface area contributed by atoms with E-state index in [1.807, 2.05) is 0 Å². The van der Waals surface area contributed by atoms with Gasteiger partial charge in [-0.15, -0.1) is 0 Å². The van der Waals surface area contributed by atoms with E-state index in [9.17, 15) is 19.7 Å². The molecule has 0 aromatic heterocycles. The summed E-state index contributed by atoms with van der Waals surface area (Å²) in [6, 6.07) is 6.12. The lowest BCUT2D eigenvalue weighted by Crippen LogP contribution is -2.40. The zero-order valence-electron chi connectivity index (χ0n) is 14.2. The third-order valence-corrected chi connectivity index (χ3v) is 4.35. The van der Waals surface area contributed by atoms with E-state index in [2.05, 4.69) is 0 Å². The smallest absolute Gasteiger partial charge is 0.331 e. The number of benzene rings is 1. The minimum absolute atomic E-state index is 0.0557. The molecule has 0 aliphatic heterocycles. The Kier molecular flexibility index (Phi) is 6.68. The zero-order valence-corrected chi connectivity index (χ0v) is 14.2. The van der Waals surface area contributed by atoms with Gasteiger partial charge in [-0.05, 0) is 24.5 Å². The van der Waals surface area contributed by atoms with Crippen molar-refractivity contribution in [3.05, 3.63) is 46.0 Å². The van der Waals surface area contributed by atoms with Gasteiger partial charge in [0.25, 0.3) is 11.6 Å². The fourth-order valence-corrected chi connectivity index (χ4v) is 2.86. The molecule has 7 heteroatoms. The van der Waals surface area contributed by atoms with Crippen LogP contribution in [0.2, 0.25) is 0 Å². The molecule has 2 rings (SSSR count). The van der Waals surface area contributed by atoms with Crippen molar-refractivity contribution >= 4 is 23.6 Å². The lowest BCUT2D eigenvalue weighted by atomic mass is 9.94. The van der Waals surface area contributed by atoms with Gasteiger partial charge in [-0.25, -0.2) is 4.79 Å². The van der Waals surface area contributed by atoms with Gasteiger partial charge in [0.1, 0.15) is 0 Å². The van der Waals surface area contributed by atoms with E-state index >= 15 is 0 Å². The largest absolute Gasteiger partial charge is 0.452 e. The van der Waals surface area contributed by atoms with Crippen LogP contribution in [0.3, 0.4) is 0 Å². The molecule has 1 aliphatic rings. The number of likely N-dealkylation sites (N-methyl/N-ethyl adjacent to an activating group) is 1. The van der Waals surface area contributed by atoms with Crippen molar-refractivity contribution in [2.45, 2.75) is 38.1 Å². The summed E-state index contributed by atoms with van der Waals surface area (Å²) in [5, 5.41) is 10.7. The van der Waals surface area contributed by atoms with Gasteiger partial charge in [0.2, 0.25) is 0 Å². The number of nitro groups is 1. The Balaban J connectivity index is 1.82. The van der Waals surface area contributed by atoms with Crippen molar-refractivity contribution < 1.29 is 19.2 Å². The summed E-state index contributed by atoms with van der Waals surface area (Å²) in [5.74, 6) is -0.874. The monoisotopic (exact) mass is 346 g/mol. The first-order chi connectivity index (χ1) is 12.0. The lowest BCUT2D eigenvalue weighted by Gasteiger charge is -2.31. The summed E-state index contributed by atoms with van der Waals surface area (Å²) in [5.41, 5.74) is 0.455. The molecule has 1 amide bonds. The molecule has 0 heterocycles. The third kappa shape index (κ3) is 5.70. The molecule has 0 N–H and O–H groups in total. The minimum atomic E-state index is -0.656. The molecule has 1 aromatic rings. The Bertz CT molecular complexity index is 665. The quantitative estimate of drug-likeness (QED) is 0.342. The molecule has 25 heavy (non-hydrogen) atoms. The van der Waals surface area contributed by atoms with Crippen molar-refractivity contribution in [3.63, 3.8) is 0 Å². The number of hydrogen-bond acceptors (Lipinski definition) is 5. The maximum atomic E-state index is 12.1. The maximum absolute atomic E-state index is 12.1. The number of carbonyl (C=O) groups excluding carboxylic acids is 2. The molecule has 0 spiro atoms. The zero-order chi connectivity index (χ0) is 18.2. The number of esters is 1. The van der Waals surface area contributed by atoms with Crippen LogP contribution in [-0.2, 0) is 14.3 Å². The number of amides is 1. The van der Waals surface area contributed by atoms with Crippen LogP contribution < -0.4 is 0 Å². The molecule has 0 atom stereocenters. The van der Waals surface area contributed by atoms with Gasteiger partial charge in [0, 0.05) is 31.3 Å². The van der Waals surface area contributed by atoms with Crippen LogP contribution in [0.4, 0.5) is 5.69 Å². The van der Waals surface area contributed by atoms with Crippen LogP contribution in [0.25, 0.3) is 6.08 Å². The Morgan fingerprint density at radius 2 is 2.04 bits per heavy atom. The summed E-state index contributed by atoms with van der Waals surface area (Å²) in [6.45, 7) is -0.300. The third-order valence-electron chi connectivity index (χ3n) is 4.35. The van der Waals surface area contributed by atoms with Gasteiger partial charge in [0.15, 0.2) is 6.61 Å². The maximum Gasteiger partial charge on any atom is 0.331 e. The first-order valence-electron chi connectivity index (χ1n) is 8.32. The van der Waals surface area contributed by atoms with Crippen molar-refractivity contribution in [1.29, 1.82) is 0 Å². The van der Waals surface area contributed by atoms with Crippen molar-refractivity contribution in [2.24, 2.45) is 0 Å². The molecule has 7 nitrogen and oxygen atoms in total. The summed E-state index contributed by atoms with van der Waals surface area (Å²) in [4.78, 5) is 35.7. The van der Waals surface area contributed by atoms with Crippen molar-refractivity contribution in [1.82, 2.24) is 4.90 Å². The summed E-state index contributed by atoms with van der Waals surface area (Å²) in [6.07, 6.45) is 8.00. The van der Waals surface area contributed by atoms with Gasteiger partial charge in [0.05, 0.1) is 4.92 Å². The van der Waals surface area contributed by atoms with Gasteiger partial charge in [-0.2, -0.15) is 0 Å². The summed E-state index contributed by atoms with van der Waals surface area (Å²) in [7, 11) is 1.74. The number of ether oxygens (including phenoxy) is 1. The van der Waals surface area contributed by atoms with E-state index in [0.717, 1.165) is 31.8 Å². The van der Waals surface area contributed by atoms with Crippen LogP contribution in [0, 0.1) is 10.1 Å². The molecular formula is C18H22N2O5. The second kappa shape index (κ2) is 8.96. The highest BCUT2D eigenvalue weighted by atomic mass is 16.6. The highest BCUT2D eigenvalue weighted by molar-refractivity contribution is 5.89. The second-order valence-electron chi connectivity index (χ2n) is 6.09. The molecule has 0 bridgehead atoms. The Morgan fingerprint density at radius 1 is 1.32 bits per heavy atom. The second-order valence-corrected chi connectivity index (χ2v) is 6.09. The SMILES string of the molecule is CN(C(=O)COC(=O)/C=C/c1cccc([N+](=O)[O-])c1)C1CCCCC1. The van der Waals surface area contributed by atoms with Crippen LogP contribution in [0.1, 0.15) is 37.7 Å². The van der Waals surface area contributed by atoms with Crippen LogP contribution in [-0.4, -0.2) is 41.4 Å². The molecule has 1 fully saturated rings. The summed E-state index contributed by atoms with van der Waals surface area (Å²) >= 11 is 0. The number of hydrogen-bond donors (Lipinski definition) is 0. The highest BCUT2D eigenvalue weighted by Crippen LogP contribution is 2.21. The molecular weight excluding hydrogens is 324 g/mol. The van der Waals surface area contributed by atoms with Gasteiger partial charge >= 0.3 is 5.97 Å². The van der Waals surface area contributed by atoms with Crippen molar-refractivity contribution in [3.8, 4) is 0 Å². The molecule has 1 aliphatic carbocycles. The Labute approximate surface area is 146 Å². The number of carbonyl (C=O) groups is 2. The number of rotatable bonds is 6. The first kappa shape index (κ1) is 18.6. The van der Waals surface area contributed by atoms with E-state index < -0.39 is 10.9 Å². The normalized spacial score (nSPS) is 15.1. The van der Waals surface area contributed by atoms with Crippen LogP contribution in [0.5, 0.6) is 0 Å². The molecule has 0 radical (unpaired) electrons. The number of nitrogens with zero attached hydrogens (tertiary/aromatic N) is 2. The molecule has 1 aromatic carbocycles. The number of non-ortho nitro benzene ring substituents is 1. The standard InChI is InChI=1S/C18H22N2O5/c1-19(15-7-3-2-4-8-15)17(21)13-25-18(22)11-10-14-6-5-9-16(12-14)20(23)24/h5-6,9-12,15H,2-4,7-8,13H2,1H3/b11-10+. The van der Waals surface area contributed by atoms with Crippen molar-refractivity contribution in [2.75, 3.05) is 13.7 Å². The molecule has 0 unspecified atom stereocenters. The predicted octanol–water partition coefficient (Wildman–Crippen LogP) is 2.94. The average Bonchev–Trinajstić information content (AvgIpc) is 2.64. The molecule has 134 valence electrons. The van der Waals surface area contributed by atoms with Crippen LogP contribution in [0.15, 0.2) is 30.3 Å². The van der Waals surface area contributed by atoms with E-state index in [4.69, 9.17) is 4.74 Å². The van der Waals surface area contributed by atoms with Crippen LogP contribution >= 0.6 is 0 Å². The average molecular weight is 346 g/mol. The van der Waals surface area contributed by atoms with E-state index in [1.54, 1.807) is 18.0 Å². The Morgan fingerprint density at radius 3 is 2.72 bits per heavy atom. The van der Waals surface area contributed by atoms with E-state index in [0.29, 0.717) is 5.56 Å². The molecule has 0 saturated heterocycles.